The van der Waals surface area contributed by atoms with E-state index in [2.05, 4.69) is 13.5 Å². The number of hydrogen-bond acceptors (Lipinski definition) is 24. The number of esters is 2. The van der Waals surface area contributed by atoms with Crippen LogP contribution in [0.15, 0.2) is 12.2 Å². The van der Waals surface area contributed by atoms with Gasteiger partial charge in [0.15, 0.2) is 18.9 Å². The molecule has 3 heterocycles. The van der Waals surface area contributed by atoms with E-state index in [1.807, 2.05) is 0 Å². The molecular weight excluding hydrogens is 989 g/mol. The second-order valence-electron chi connectivity index (χ2n) is 22.5. The number of aliphatic hydroxyl groups excluding tert-OH is 12. The smallest absolute Gasteiger partial charge is 0.317 e. The van der Waals surface area contributed by atoms with Crippen molar-refractivity contribution < 1.29 is 123 Å². The largest absolute Gasteiger partial charge is 0.481 e. The Labute approximate surface area is 427 Å². The van der Waals surface area contributed by atoms with Crippen molar-refractivity contribution in [1.29, 1.82) is 0 Å². The van der Waals surface area contributed by atoms with Crippen LogP contribution in [0.1, 0.15) is 91.9 Å². The molecule has 0 aromatic heterocycles. The molecule has 4 saturated carbocycles. The monoisotopic (exact) mass is 1070 g/mol. The molecule has 7 aliphatic rings. The molecule has 3 saturated heterocycles. The molecule has 11 unspecified atom stereocenters. The maximum Gasteiger partial charge on any atom is 0.317 e. The summed E-state index contributed by atoms with van der Waals surface area (Å²) in [5.41, 5.74) is -2.55. The Balaban J connectivity index is 1.14. The first-order valence-corrected chi connectivity index (χ1v) is 25.5. The molecule has 25 atom stereocenters. The predicted molar refractivity (Wildman–Crippen MR) is 245 cm³/mol. The van der Waals surface area contributed by atoms with Gasteiger partial charge in [-0.1, -0.05) is 33.8 Å². The van der Waals surface area contributed by atoms with E-state index in [1.54, 1.807) is 20.8 Å². The van der Waals surface area contributed by atoms with Gasteiger partial charge in [-0.05, 0) is 92.4 Å². The molecule has 7 fully saturated rings. The maximum atomic E-state index is 14.5. The second kappa shape index (κ2) is 23.0. The zero-order valence-electron chi connectivity index (χ0n) is 42.3. The Bertz CT molecular complexity index is 1980. The van der Waals surface area contributed by atoms with Gasteiger partial charge in [0.25, 0.3) is 0 Å². The Morgan fingerprint density at radius 3 is 1.93 bits per heavy atom. The van der Waals surface area contributed by atoms with Crippen LogP contribution in [0.5, 0.6) is 0 Å². The van der Waals surface area contributed by atoms with Crippen LogP contribution >= 0.6 is 0 Å². The molecule has 4 aliphatic carbocycles. The van der Waals surface area contributed by atoms with Gasteiger partial charge in [0.05, 0.1) is 30.3 Å². The molecule has 1 spiro atoms. The number of hydrogen-bond donors (Lipinski definition) is 13. The van der Waals surface area contributed by atoms with E-state index in [9.17, 15) is 75.7 Å². The molecule has 25 heteroatoms. The van der Waals surface area contributed by atoms with Gasteiger partial charge in [-0.2, -0.15) is 0 Å². The summed E-state index contributed by atoms with van der Waals surface area (Å²) in [4.78, 5) is 37.4. The van der Waals surface area contributed by atoms with Crippen LogP contribution in [0, 0.1) is 34.0 Å². The Morgan fingerprint density at radius 1 is 0.716 bits per heavy atom. The number of carbonyl (C=O) groups excluding carboxylic acids is 2. The lowest BCUT2D eigenvalue weighted by atomic mass is 9.41. The summed E-state index contributed by atoms with van der Waals surface area (Å²) in [6.07, 6.45) is -29.4. The predicted octanol–water partition coefficient (Wildman–Crippen LogP) is -3.18. The summed E-state index contributed by atoms with van der Waals surface area (Å²) in [6.45, 7) is 9.37. The highest BCUT2D eigenvalue weighted by Gasteiger charge is 2.69. The maximum absolute atomic E-state index is 14.5. The van der Waals surface area contributed by atoms with Crippen molar-refractivity contribution in [2.24, 2.45) is 34.0 Å². The van der Waals surface area contributed by atoms with E-state index in [-0.39, 0.29) is 11.8 Å². The Kier molecular flexibility index (Phi) is 18.4. The fourth-order valence-corrected chi connectivity index (χ4v) is 13.7. The van der Waals surface area contributed by atoms with Gasteiger partial charge in [0.2, 0.25) is 6.29 Å². The number of ether oxygens (including phenoxy) is 9. The van der Waals surface area contributed by atoms with Gasteiger partial charge < -0.3 is 109 Å². The van der Waals surface area contributed by atoms with Gasteiger partial charge in [-0.25, -0.2) is 0 Å². The van der Waals surface area contributed by atoms with Crippen LogP contribution in [-0.2, 0) is 57.0 Å². The van der Waals surface area contributed by atoms with Crippen molar-refractivity contribution in [3.63, 3.8) is 0 Å². The lowest BCUT2D eigenvalue weighted by Crippen LogP contribution is -2.67. The normalized spacial score (nSPS) is 45.9. The summed E-state index contributed by atoms with van der Waals surface area (Å²) in [6, 6.07) is 0. The van der Waals surface area contributed by atoms with Crippen LogP contribution in [0.25, 0.3) is 0 Å². The van der Waals surface area contributed by atoms with Crippen molar-refractivity contribution >= 4 is 17.9 Å². The molecule has 0 aromatic rings. The standard InChI is InChI=1S/C49H78O25/c1-20(2)29(55)33(59)36(62)41(66-6)72-40-39(71-42-37(63)34(60)30(56)22(16-50)68-42)32(58)23(17-51)69-44(40)74-49-13-9-26-46(4)10-7-11-47(5,25(46)8-12-48(26,19-49)15-21(49)3)45(65)73-43-38(64)35(61)31(57)24(70-43)18-67-28(54)14-27(52)53/h20,22-26,29-44,50-51,55-64H,3,7-19H2,1-2,4-6H3,(H,52,53)/t22?,23?,24?,25-,26-,29+,30+,31+,32+,33?,34?,35?,36?,37?,38?,39?,40?,41+,42-,43-,44-,46+,47+,48+,49-/m0/s1. The third-order valence-corrected chi connectivity index (χ3v) is 17.7. The number of carboxylic acid groups (broad SMARTS) is 1. The van der Waals surface area contributed by atoms with Gasteiger partial charge in [-0.3, -0.25) is 14.4 Å². The highest BCUT2D eigenvalue weighted by molar-refractivity contribution is 5.90. The van der Waals surface area contributed by atoms with Crippen molar-refractivity contribution in [2.75, 3.05) is 26.9 Å². The molecule has 424 valence electrons. The van der Waals surface area contributed by atoms with E-state index < -0.39 is 189 Å². The third kappa shape index (κ3) is 10.9. The average Bonchev–Trinajstić information content (AvgIpc) is 3.55. The number of carboxylic acids is 1. The lowest BCUT2D eigenvalue weighted by Gasteiger charge is -2.64. The van der Waals surface area contributed by atoms with Crippen LogP contribution in [0.2, 0.25) is 0 Å². The quantitative estimate of drug-likeness (QED) is 0.0199. The van der Waals surface area contributed by atoms with E-state index in [4.69, 9.17) is 47.7 Å². The first kappa shape index (κ1) is 59.1. The zero-order chi connectivity index (χ0) is 54.6. The van der Waals surface area contributed by atoms with E-state index in [0.29, 0.717) is 56.9 Å². The zero-order valence-corrected chi connectivity index (χ0v) is 42.3. The highest BCUT2D eigenvalue weighted by Crippen LogP contribution is 2.74. The fourth-order valence-electron chi connectivity index (χ4n) is 13.7. The Hall–Kier alpha value is -2.61. The van der Waals surface area contributed by atoms with Gasteiger partial charge in [-0.15, -0.1) is 0 Å². The van der Waals surface area contributed by atoms with Crippen LogP contribution in [-0.4, -0.2) is 234 Å². The average molecular weight is 1070 g/mol. The Morgan fingerprint density at radius 2 is 1.31 bits per heavy atom. The van der Waals surface area contributed by atoms with Crippen molar-refractivity contribution in [1.82, 2.24) is 0 Å². The SMILES string of the molecule is C=C1C[C@@]23CC[C@H]4[C@@](C)(CCC[C@@]4(C)C(=O)O[C@@H]4OC(COC(=O)CC(=O)O)[C@@H](O)C(O)C4O)[C@@H]2CC[C@]1(O[C@@H]1OC(CO)[C@@H](O)C(O[C@@H]2OC(CO)[C@@H](O)C(O)C2O)C1O[C@@H](OC)C(O)C(O)[C@H](O)C(C)C)C3. The van der Waals surface area contributed by atoms with Crippen molar-refractivity contribution in [3.05, 3.63) is 12.2 Å². The van der Waals surface area contributed by atoms with E-state index in [1.165, 1.54) is 0 Å². The molecule has 74 heavy (non-hydrogen) atoms. The number of carbonyl (C=O) groups is 3. The van der Waals surface area contributed by atoms with Crippen LogP contribution in [0.3, 0.4) is 0 Å². The number of rotatable bonds is 19. The fraction of sp³-hybridized carbons (Fsp3) is 0.898. The molecule has 7 rings (SSSR count). The molecule has 0 amide bonds. The molecule has 25 nitrogen and oxygen atoms in total. The lowest BCUT2D eigenvalue weighted by molar-refractivity contribution is -0.389. The van der Waals surface area contributed by atoms with E-state index in [0.717, 1.165) is 13.5 Å². The van der Waals surface area contributed by atoms with E-state index >= 15 is 0 Å². The van der Waals surface area contributed by atoms with Crippen LogP contribution < -0.4 is 0 Å². The third-order valence-electron chi connectivity index (χ3n) is 17.7. The molecule has 3 aliphatic heterocycles. The number of fused-ring (bicyclic) bond motifs is 3. The summed E-state index contributed by atoms with van der Waals surface area (Å²) in [5, 5.41) is 139. The molecular formula is C49H78O25. The summed E-state index contributed by atoms with van der Waals surface area (Å²) in [7, 11) is 1.14. The highest BCUT2D eigenvalue weighted by atomic mass is 16.8. The first-order chi connectivity index (χ1) is 34.7. The number of aliphatic hydroxyl groups is 12. The van der Waals surface area contributed by atoms with Crippen molar-refractivity contribution in [2.45, 2.75) is 214 Å². The van der Waals surface area contributed by atoms with Gasteiger partial charge in [0.1, 0.15) is 98.5 Å². The van der Waals surface area contributed by atoms with Gasteiger partial charge >= 0.3 is 17.9 Å². The minimum absolute atomic E-state index is 0.0222. The van der Waals surface area contributed by atoms with Crippen molar-refractivity contribution in [3.8, 4) is 0 Å². The first-order valence-electron chi connectivity index (χ1n) is 25.5. The minimum Gasteiger partial charge on any atom is -0.481 e. The molecule has 0 aromatic carbocycles. The summed E-state index contributed by atoms with van der Waals surface area (Å²) in [5.74, 6) is -4.13. The molecule has 13 N–H and O–H groups in total. The summed E-state index contributed by atoms with van der Waals surface area (Å²) >= 11 is 0. The second-order valence-corrected chi connectivity index (χ2v) is 22.5. The van der Waals surface area contributed by atoms with Gasteiger partial charge in [0, 0.05) is 7.11 Å². The molecule has 0 radical (unpaired) electrons. The minimum atomic E-state index is -1.96. The topological polar surface area (TPSA) is 397 Å². The van der Waals surface area contributed by atoms with Crippen LogP contribution in [0.4, 0.5) is 0 Å². The number of methoxy groups -OCH3 is 1. The number of aliphatic carboxylic acids is 1. The molecule has 2 bridgehead atoms. The summed E-state index contributed by atoms with van der Waals surface area (Å²) < 4.78 is 53.4.